The molecular weight excluding hydrogens is 442 g/mol. The fourth-order valence-corrected chi connectivity index (χ4v) is 6.03. The van der Waals surface area contributed by atoms with Crippen LogP contribution in [0.25, 0.3) is 0 Å². The summed E-state index contributed by atoms with van der Waals surface area (Å²) in [4.78, 5) is 32.2. The smallest absolute Gasteiger partial charge is 0.265 e. The predicted molar refractivity (Wildman–Crippen MR) is 141 cm³/mol. The number of thioether (sulfide) groups is 1. The Hall–Kier alpha value is -2.31. The van der Waals surface area contributed by atoms with Crippen LogP contribution in [0.5, 0.6) is 0 Å². The van der Waals surface area contributed by atoms with Gasteiger partial charge in [0, 0.05) is 29.6 Å². The van der Waals surface area contributed by atoms with Gasteiger partial charge in [-0.15, -0.1) is 0 Å². The molecule has 1 aliphatic carbocycles. The summed E-state index contributed by atoms with van der Waals surface area (Å²) in [5.41, 5.74) is 2.58. The van der Waals surface area contributed by atoms with Gasteiger partial charge in [0.05, 0.1) is 17.1 Å². The summed E-state index contributed by atoms with van der Waals surface area (Å²) in [6.07, 6.45) is 16.5. The van der Waals surface area contributed by atoms with Crippen molar-refractivity contribution in [2.75, 3.05) is 31.1 Å². The average Bonchev–Trinajstić information content (AvgIpc) is 2.88. The molecule has 1 N–H and O–H groups in total. The van der Waals surface area contributed by atoms with E-state index < -0.39 is 0 Å². The van der Waals surface area contributed by atoms with Crippen LogP contribution in [0.15, 0.2) is 57.9 Å². The van der Waals surface area contributed by atoms with Crippen LogP contribution in [0.4, 0.5) is 5.69 Å². The second-order valence-electron chi connectivity index (χ2n) is 9.29. The van der Waals surface area contributed by atoms with Crippen LogP contribution in [-0.2, 0) is 4.79 Å². The number of amides is 2. The summed E-state index contributed by atoms with van der Waals surface area (Å²) in [6, 6.07) is 6.43. The maximum absolute atomic E-state index is 13.2. The van der Waals surface area contributed by atoms with Crippen molar-refractivity contribution in [3.05, 3.63) is 58.5 Å². The summed E-state index contributed by atoms with van der Waals surface area (Å²) >= 11 is 1.49. The first-order valence-electron chi connectivity index (χ1n) is 12.8. The number of nitrogens with one attached hydrogen (secondary N) is 1. The van der Waals surface area contributed by atoms with Crippen molar-refractivity contribution >= 4 is 29.3 Å². The monoisotopic (exact) mass is 479 g/mol. The number of allylic oxidation sites excluding steroid dienone is 3. The molecule has 1 saturated heterocycles. The molecule has 2 amide bonds. The number of fused-ring (bicyclic) bond motifs is 1. The molecule has 6 heteroatoms. The molecule has 0 aromatic heterocycles. The van der Waals surface area contributed by atoms with Crippen LogP contribution in [0.3, 0.4) is 0 Å². The molecule has 0 saturated carbocycles. The second-order valence-corrected chi connectivity index (χ2v) is 10.4. The molecule has 5 nitrogen and oxygen atoms in total. The number of piperidine rings is 1. The number of carbonyl (C=O) groups excluding carboxylic acids is 2. The topological polar surface area (TPSA) is 52.7 Å². The van der Waals surface area contributed by atoms with Gasteiger partial charge in [-0.1, -0.05) is 49.4 Å². The highest BCUT2D eigenvalue weighted by Crippen LogP contribution is 2.42. The molecule has 4 rings (SSSR count). The highest BCUT2D eigenvalue weighted by molar-refractivity contribution is 8.04. The van der Waals surface area contributed by atoms with E-state index in [1.54, 1.807) is 0 Å². The van der Waals surface area contributed by atoms with Gasteiger partial charge < -0.3 is 15.1 Å². The van der Waals surface area contributed by atoms with E-state index in [2.05, 4.69) is 35.4 Å². The predicted octanol–water partition coefficient (Wildman–Crippen LogP) is 5.69. The third kappa shape index (κ3) is 5.84. The van der Waals surface area contributed by atoms with E-state index in [-0.39, 0.29) is 11.8 Å². The van der Waals surface area contributed by atoms with Gasteiger partial charge in [0.2, 0.25) is 0 Å². The Bertz CT molecular complexity index is 997. The molecular formula is C28H37N3O2S. The number of likely N-dealkylation sites (tertiary alicyclic amines) is 1. The van der Waals surface area contributed by atoms with E-state index in [1.165, 1.54) is 44.0 Å². The Labute approximate surface area is 208 Å². The van der Waals surface area contributed by atoms with Crippen LogP contribution >= 0.6 is 11.8 Å². The summed E-state index contributed by atoms with van der Waals surface area (Å²) in [5.74, 6) is -0.0658. The van der Waals surface area contributed by atoms with E-state index in [9.17, 15) is 9.59 Å². The van der Waals surface area contributed by atoms with Gasteiger partial charge in [-0.05, 0) is 75.8 Å². The quantitative estimate of drug-likeness (QED) is 0.384. The lowest BCUT2D eigenvalue weighted by Gasteiger charge is -2.35. The van der Waals surface area contributed by atoms with Crippen LogP contribution < -0.4 is 10.2 Å². The van der Waals surface area contributed by atoms with Crippen LogP contribution in [0.2, 0.25) is 0 Å². The van der Waals surface area contributed by atoms with E-state index >= 15 is 0 Å². The number of hydrogen-bond acceptors (Lipinski definition) is 4. The zero-order valence-electron chi connectivity index (χ0n) is 20.5. The fourth-order valence-electron chi connectivity index (χ4n) is 5.07. The molecule has 1 aromatic carbocycles. The van der Waals surface area contributed by atoms with E-state index in [0.717, 1.165) is 46.9 Å². The molecule has 3 aliphatic rings. The van der Waals surface area contributed by atoms with Gasteiger partial charge in [0.25, 0.3) is 11.8 Å². The Kier molecular flexibility index (Phi) is 8.68. The molecule has 0 bridgehead atoms. The number of nitrogens with zero attached hydrogens (tertiary/aromatic N) is 2. The van der Waals surface area contributed by atoms with E-state index in [1.807, 2.05) is 36.1 Å². The Morgan fingerprint density at radius 2 is 2.15 bits per heavy atom. The van der Waals surface area contributed by atoms with Gasteiger partial charge in [-0.2, -0.15) is 0 Å². The molecule has 1 fully saturated rings. The minimum absolute atomic E-state index is 0.00411. The third-order valence-corrected chi connectivity index (χ3v) is 8.19. The average molecular weight is 480 g/mol. The van der Waals surface area contributed by atoms with Gasteiger partial charge in [-0.25, -0.2) is 0 Å². The highest BCUT2D eigenvalue weighted by atomic mass is 32.2. The summed E-state index contributed by atoms with van der Waals surface area (Å²) in [7, 11) is 0. The molecule has 2 aliphatic heterocycles. The SMILES string of the molecule is C/C=C1\Sc2ccc(C(=O)NCCCN3CCCCC3CC)cc2N(CC2=CCCC=C2)C1=O. The minimum Gasteiger partial charge on any atom is -0.352 e. The molecule has 2 heterocycles. The number of rotatable bonds is 8. The molecule has 1 aromatic rings. The van der Waals surface area contributed by atoms with Gasteiger partial charge >= 0.3 is 0 Å². The molecule has 0 spiro atoms. The van der Waals surface area contributed by atoms with Crippen molar-refractivity contribution in [3.63, 3.8) is 0 Å². The molecule has 1 atom stereocenters. The first kappa shape index (κ1) is 24.8. The standard InChI is InChI=1S/C28H37N3O2S/c1-3-23-13-8-9-17-30(23)18-10-16-29-27(32)22-14-15-26-24(19-22)31(28(33)25(4-2)34-26)20-21-11-6-5-7-12-21/h4,6,11-12,14-15,19,23H,3,5,7-10,13,16-18,20H2,1-2H3,(H,29,32)/b25-4-. The Morgan fingerprint density at radius 3 is 2.91 bits per heavy atom. The Morgan fingerprint density at radius 1 is 1.26 bits per heavy atom. The van der Waals surface area contributed by atoms with Gasteiger partial charge in [0.1, 0.15) is 0 Å². The number of hydrogen-bond donors (Lipinski definition) is 1. The highest BCUT2D eigenvalue weighted by Gasteiger charge is 2.30. The largest absolute Gasteiger partial charge is 0.352 e. The maximum Gasteiger partial charge on any atom is 0.265 e. The van der Waals surface area contributed by atoms with Crippen molar-refractivity contribution in [1.29, 1.82) is 0 Å². The number of anilines is 1. The van der Waals surface area contributed by atoms with Crippen molar-refractivity contribution in [3.8, 4) is 0 Å². The van der Waals surface area contributed by atoms with Crippen molar-refractivity contribution < 1.29 is 9.59 Å². The lowest BCUT2D eigenvalue weighted by atomic mass is 10.00. The number of benzene rings is 1. The molecule has 1 unspecified atom stereocenters. The summed E-state index contributed by atoms with van der Waals surface area (Å²) < 4.78 is 0. The second kappa shape index (κ2) is 11.9. The number of carbonyl (C=O) groups is 2. The van der Waals surface area contributed by atoms with Crippen molar-refractivity contribution in [2.24, 2.45) is 0 Å². The van der Waals surface area contributed by atoms with Crippen molar-refractivity contribution in [2.45, 2.75) is 69.7 Å². The normalized spacial score (nSPS) is 22.0. The maximum atomic E-state index is 13.2. The summed E-state index contributed by atoms with van der Waals surface area (Å²) in [6.45, 7) is 7.58. The van der Waals surface area contributed by atoms with Crippen LogP contribution in [0, 0.1) is 0 Å². The molecule has 182 valence electrons. The Balaban J connectivity index is 1.41. The molecule has 0 radical (unpaired) electrons. The third-order valence-electron chi connectivity index (χ3n) is 6.99. The fraction of sp³-hybridized carbons (Fsp3) is 0.500. The van der Waals surface area contributed by atoms with E-state index in [0.29, 0.717) is 24.7 Å². The van der Waals surface area contributed by atoms with Gasteiger partial charge in [0.15, 0.2) is 0 Å². The zero-order chi connectivity index (χ0) is 23.9. The van der Waals surface area contributed by atoms with E-state index in [4.69, 9.17) is 0 Å². The zero-order valence-corrected chi connectivity index (χ0v) is 21.3. The van der Waals surface area contributed by atoms with Gasteiger partial charge in [-0.3, -0.25) is 9.59 Å². The van der Waals surface area contributed by atoms with Crippen LogP contribution in [-0.4, -0.2) is 48.9 Å². The first-order valence-corrected chi connectivity index (χ1v) is 13.6. The van der Waals surface area contributed by atoms with Crippen LogP contribution in [0.1, 0.15) is 69.2 Å². The van der Waals surface area contributed by atoms with Crippen molar-refractivity contribution in [1.82, 2.24) is 10.2 Å². The molecule has 34 heavy (non-hydrogen) atoms. The minimum atomic E-state index is -0.0699. The lowest BCUT2D eigenvalue weighted by molar-refractivity contribution is -0.114. The summed E-state index contributed by atoms with van der Waals surface area (Å²) in [5, 5.41) is 3.10. The first-order chi connectivity index (χ1) is 16.6. The lowest BCUT2D eigenvalue weighted by Crippen LogP contribution is -2.40.